The third kappa shape index (κ3) is 9.12. The normalized spacial score (nSPS) is 17.6. The topological polar surface area (TPSA) is 142 Å². The quantitative estimate of drug-likeness (QED) is 0.250. The van der Waals surface area contributed by atoms with Crippen LogP contribution in [0.3, 0.4) is 0 Å². The van der Waals surface area contributed by atoms with Gasteiger partial charge in [-0.1, -0.05) is 65.0 Å². The number of nitrogens with zero attached hydrogens (tertiary/aromatic N) is 1. The molecule has 2 rings (SSSR count). The average molecular weight is 597 g/mol. The summed E-state index contributed by atoms with van der Waals surface area (Å²) in [5, 5.41) is 6.94. The number of amides is 4. The fourth-order valence-corrected chi connectivity index (χ4v) is 4.65. The molecule has 42 heavy (non-hydrogen) atoms. The smallest absolute Gasteiger partial charge is 0.356 e. The lowest BCUT2D eigenvalue weighted by molar-refractivity contribution is -0.176. The van der Waals surface area contributed by atoms with E-state index in [9.17, 15) is 41.9 Å². The van der Waals surface area contributed by atoms with Crippen molar-refractivity contribution in [3.05, 3.63) is 35.9 Å². The van der Waals surface area contributed by atoms with Crippen LogP contribution in [-0.2, 0) is 24.0 Å². The first-order chi connectivity index (χ1) is 19.3. The Morgan fingerprint density at radius 2 is 1.62 bits per heavy atom. The van der Waals surface area contributed by atoms with Crippen LogP contribution in [0, 0.1) is 17.3 Å². The van der Waals surface area contributed by atoms with E-state index in [1.807, 2.05) is 0 Å². The predicted octanol–water partition coefficient (Wildman–Crippen LogP) is 2.42. The van der Waals surface area contributed by atoms with Crippen LogP contribution in [0.1, 0.15) is 64.2 Å². The molecule has 1 saturated heterocycles. The number of hydrogen-bond donors (Lipinski definition) is 3. The van der Waals surface area contributed by atoms with E-state index in [2.05, 4.69) is 10.6 Å². The van der Waals surface area contributed by atoms with Crippen LogP contribution in [0.2, 0.25) is 0 Å². The van der Waals surface area contributed by atoms with Gasteiger partial charge in [0, 0.05) is 25.1 Å². The zero-order valence-electron chi connectivity index (χ0n) is 24.6. The standard InChI is InChI=1S/C29H39F3N4O6/c1-16(2)14-20(36(6)26(41)23(28(3,4)5)35-27(42)29(30,31)32)25(40)34-19(15-18-12-13-33-24(18)39)22(38)21(37)17-10-8-7-9-11-17/h7-11,16,18-20,23H,12-15H2,1-6H3,(H,33,39)(H,34,40)(H,35,42)/t18?,19?,20-,23+/m0/s1. The molecule has 0 radical (unpaired) electrons. The van der Waals surface area contributed by atoms with Gasteiger partial charge in [-0.05, 0) is 30.6 Å². The van der Waals surface area contributed by atoms with E-state index in [0.717, 1.165) is 4.90 Å². The van der Waals surface area contributed by atoms with Gasteiger partial charge in [-0.25, -0.2) is 0 Å². The maximum absolute atomic E-state index is 13.7. The Hall–Kier alpha value is -3.77. The van der Waals surface area contributed by atoms with Gasteiger partial charge in [0.2, 0.25) is 29.3 Å². The van der Waals surface area contributed by atoms with Gasteiger partial charge in [0.25, 0.3) is 0 Å². The summed E-state index contributed by atoms with van der Waals surface area (Å²) in [4.78, 5) is 78.5. The van der Waals surface area contributed by atoms with E-state index in [-0.39, 0.29) is 30.2 Å². The number of likely N-dealkylation sites (N-methyl/N-ethyl adjacent to an activating group) is 1. The molecule has 1 heterocycles. The van der Waals surface area contributed by atoms with Gasteiger partial charge >= 0.3 is 12.1 Å². The van der Waals surface area contributed by atoms with Crippen LogP contribution in [0.25, 0.3) is 0 Å². The fraction of sp³-hybridized carbons (Fsp3) is 0.586. The van der Waals surface area contributed by atoms with E-state index < -0.39 is 64.9 Å². The van der Waals surface area contributed by atoms with E-state index in [4.69, 9.17) is 0 Å². The third-order valence-electron chi connectivity index (χ3n) is 7.03. The number of carbonyl (C=O) groups is 6. The van der Waals surface area contributed by atoms with Crippen LogP contribution >= 0.6 is 0 Å². The number of nitrogens with one attached hydrogen (secondary N) is 3. The maximum Gasteiger partial charge on any atom is 0.471 e. The number of Topliss-reactive ketones (excluding diaryl/α,β-unsaturated/α-hetero) is 2. The zero-order valence-corrected chi connectivity index (χ0v) is 24.6. The first-order valence-electron chi connectivity index (χ1n) is 13.7. The first-order valence-corrected chi connectivity index (χ1v) is 13.7. The van der Waals surface area contributed by atoms with Crippen molar-refractivity contribution in [3.8, 4) is 0 Å². The Kier molecular flexibility index (Phi) is 11.4. The van der Waals surface area contributed by atoms with E-state index >= 15 is 0 Å². The Morgan fingerprint density at radius 1 is 1.02 bits per heavy atom. The summed E-state index contributed by atoms with van der Waals surface area (Å²) >= 11 is 0. The molecule has 0 aromatic heterocycles. The van der Waals surface area contributed by atoms with Gasteiger partial charge in [0.1, 0.15) is 12.1 Å². The molecule has 1 aromatic rings. The molecule has 0 bridgehead atoms. The summed E-state index contributed by atoms with van der Waals surface area (Å²) in [6.45, 7) is 8.29. The van der Waals surface area contributed by atoms with Crippen molar-refractivity contribution in [1.82, 2.24) is 20.9 Å². The van der Waals surface area contributed by atoms with Gasteiger partial charge in [0.05, 0.1) is 6.04 Å². The van der Waals surface area contributed by atoms with Crippen molar-refractivity contribution in [2.24, 2.45) is 17.3 Å². The van der Waals surface area contributed by atoms with Gasteiger partial charge in [0.15, 0.2) is 0 Å². The van der Waals surface area contributed by atoms with Crippen molar-refractivity contribution in [3.63, 3.8) is 0 Å². The molecule has 3 N–H and O–H groups in total. The molecule has 0 spiro atoms. The Morgan fingerprint density at radius 3 is 2.10 bits per heavy atom. The molecule has 1 aliphatic heterocycles. The van der Waals surface area contributed by atoms with Crippen molar-refractivity contribution >= 4 is 35.2 Å². The second kappa shape index (κ2) is 13.9. The van der Waals surface area contributed by atoms with Crippen LogP contribution in [0.4, 0.5) is 13.2 Å². The van der Waals surface area contributed by atoms with E-state index in [1.165, 1.54) is 40.0 Å². The van der Waals surface area contributed by atoms with Crippen LogP contribution in [0.5, 0.6) is 0 Å². The summed E-state index contributed by atoms with van der Waals surface area (Å²) < 4.78 is 39.1. The number of alkyl halides is 3. The minimum Gasteiger partial charge on any atom is -0.356 e. The van der Waals surface area contributed by atoms with Crippen LogP contribution < -0.4 is 16.0 Å². The molecule has 13 heteroatoms. The van der Waals surface area contributed by atoms with Crippen molar-refractivity contribution < 1.29 is 41.9 Å². The molecule has 1 aliphatic rings. The minimum absolute atomic E-state index is 0.0512. The van der Waals surface area contributed by atoms with Crippen LogP contribution in [0.15, 0.2) is 30.3 Å². The van der Waals surface area contributed by atoms with Crippen molar-refractivity contribution in [1.29, 1.82) is 0 Å². The van der Waals surface area contributed by atoms with Crippen molar-refractivity contribution in [2.75, 3.05) is 13.6 Å². The summed E-state index contributed by atoms with van der Waals surface area (Å²) in [6, 6.07) is 3.37. The van der Waals surface area contributed by atoms with Gasteiger partial charge in [-0.3, -0.25) is 28.8 Å². The SMILES string of the molecule is CC(C)C[C@@H](C(=O)NC(CC1CCNC1=O)C(=O)C(=O)c1ccccc1)N(C)C(=O)[C@@H](NC(=O)C(F)(F)F)C(C)(C)C. The van der Waals surface area contributed by atoms with E-state index in [0.29, 0.717) is 13.0 Å². The number of hydrogen-bond acceptors (Lipinski definition) is 6. The molecule has 10 nitrogen and oxygen atoms in total. The Balaban J connectivity index is 2.39. The lowest BCUT2D eigenvalue weighted by Gasteiger charge is -2.37. The molecular weight excluding hydrogens is 557 g/mol. The highest BCUT2D eigenvalue weighted by Gasteiger charge is 2.45. The predicted molar refractivity (Wildman–Crippen MR) is 147 cm³/mol. The highest BCUT2D eigenvalue weighted by atomic mass is 19.4. The summed E-state index contributed by atoms with van der Waals surface area (Å²) in [6.07, 6.45) is -4.96. The number of halogens is 3. The summed E-state index contributed by atoms with van der Waals surface area (Å²) in [7, 11) is 1.23. The van der Waals surface area contributed by atoms with Crippen LogP contribution in [-0.4, -0.2) is 78.0 Å². The second-order valence-electron chi connectivity index (χ2n) is 12.0. The van der Waals surface area contributed by atoms with E-state index in [1.54, 1.807) is 37.4 Å². The van der Waals surface area contributed by atoms with Gasteiger partial charge in [-0.2, -0.15) is 13.2 Å². The molecule has 1 aromatic carbocycles. The summed E-state index contributed by atoms with van der Waals surface area (Å²) in [5.74, 6) is -7.04. The lowest BCUT2D eigenvalue weighted by atomic mass is 9.85. The Labute approximate surface area is 243 Å². The molecule has 2 unspecified atom stereocenters. The monoisotopic (exact) mass is 596 g/mol. The number of benzene rings is 1. The fourth-order valence-electron chi connectivity index (χ4n) is 4.65. The number of ketones is 2. The molecule has 4 amide bonds. The second-order valence-corrected chi connectivity index (χ2v) is 12.0. The minimum atomic E-state index is -5.23. The molecule has 232 valence electrons. The van der Waals surface area contributed by atoms with Crippen molar-refractivity contribution in [2.45, 2.75) is 78.2 Å². The number of carbonyl (C=O) groups excluding carboxylic acids is 6. The number of rotatable bonds is 12. The summed E-state index contributed by atoms with van der Waals surface area (Å²) in [5.41, 5.74) is -1.07. The molecular formula is C29H39F3N4O6. The first kappa shape index (κ1) is 34.4. The van der Waals surface area contributed by atoms with Gasteiger partial charge in [-0.15, -0.1) is 0 Å². The molecule has 4 atom stereocenters. The molecule has 1 fully saturated rings. The third-order valence-corrected chi connectivity index (χ3v) is 7.03. The maximum atomic E-state index is 13.7. The average Bonchev–Trinajstić information content (AvgIpc) is 3.31. The molecule has 0 saturated carbocycles. The zero-order chi connectivity index (χ0) is 32.0. The molecule has 0 aliphatic carbocycles. The highest BCUT2D eigenvalue weighted by molar-refractivity contribution is 6.45. The largest absolute Gasteiger partial charge is 0.471 e. The van der Waals surface area contributed by atoms with Gasteiger partial charge < -0.3 is 20.9 Å². The Bertz CT molecular complexity index is 1180. The highest BCUT2D eigenvalue weighted by Crippen LogP contribution is 2.25. The lowest BCUT2D eigenvalue weighted by Crippen LogP contribution is -2.60.